The predicted molar refractivity (Wildman–Crippen MR) is 202 cm³/mol. The maximum Gasteiger partial charge on any atom is 0.137 e. The van der Waals surface area contributed by atoms with Crippen LogP contribution in [0, 0.1) is 0 Å². The van der Waals surface area contributed by atoms with Crippen LogP contribution in [0.4, 0.5) is 34.4 Å². The molecule has 4 nitrogen and oxygen atoms in total. The van der Waals surface area contributed by atoms with Crippen LogP contribution in [0.5, 0.6) is 0 Å². The van der Waals surface area contributed by atoms with Crippen molar-refractivity contribution in [2.45, 2.75) is 52.4 Å². The Labute approximate surface area is 282 Å². The first kappa shape index (κ1) is 30.6. The largest absolute Gasteiger partial charge is 0.295 e. The molecule has 5 heteroatoms. The van der Waals surface area contributed by atoms with Crippen LogP contribution < -0.4 is 9.80 Å². The molecule has 3 heterocycles. The van der Waals surface area contributed by atoms with E-state index < -0.39 is 0 Å². The fourth-order valence-corrected chi connectivity index (χ4v) is 7.09. The van der Waals surface area contributed by atoms with E-state index in [2.05, 4.69) is 173 Å². The van der Waals surface area contributed by atoms with Gasteiger partial charge in [-0.05, 0) is 107 Å². The SMILES string of the molecule is CC(C)(C)c1ccnc(N(c2ccccc2)c2ccc3sc4ccc(N(c5ccccc5)c5cc(C(C)(C)C)ccn5)cc4c3c2)c1. The van der Waals surface area contributed by atoms with Gasteiger partial charge in [0.25, 0.3) is 0 Å². The molecule has 3 aromatic heterocycles. The molecule has 7 aromatic rings. The van der Waals surface area contributed by atoms with Crippen molar-refractivity contribution in [3.63, 3.8) is 0 Å². The minimum Gasteiger partial charge on any atom is -0.295 e. The first-order valence-corrected chi connectivity index (χ1v) is 17.0. The van der Waals surface area contributed by atoms with Gasteiger partial charge in [-0.1, -0.05) is 77.9 Å². The van der Waals surface area contributed by atoms with Crippen LogP contribution in [0.3, 0.4) is 0 Å². The van der Waals surface area contributed by atoms with Crippen LogP contribution in [-0.4, -0.2) is 9.97 Å². The van der Waals surface area contributed by atoms with Crippen molar-refractivity contribution in [3.05, 3.63) is 145 Å². The zero-order valence-electron chi connectivity index (χ0n) is 27.9. The molecule has 0 spiro atoms. The average Bonchev–Trinajstić information content (AvgIpc) is 3.43. The van der Waals surface area contributed by atoms with Gasteiger partial charge in [0.1, 0.15) is 11.6 Å². The second-order valence-electron chi connectivity index (χ2n) is 14.1. The second-order valence-corrected chi connectivity index (χ2v) is 15.2. The second kappa shape index (κ2) is 12.0. The van der Waals surface area contributed by atoms with Crippen LogP contribution in [0.25, 0.3) is 20.2 Å². The fraction of sp³-hybridized carbons (Fsp3) is 0.190. The highest BCUT2D eigenvalue weighted by atomic mass is 32.1. The third kappa shape index (κ3) is 6.11. The van der Waals surface area contributed by atoms with Gasteiger partial charge in [-0.3, -0.25) is 9.80 Å². The molecule has 0 amide bonds. The minimum absolute atomic E-state index is 0.00977. The highest BCUT2D eigenvalue weighted by molar-refractivity contribution is 7.25. The smallest absolute Gasteiger partial charge is 0.137 e. The summed E-state index contributed by atoms with van der Waals surface area (Å²) < 4.78 is 2.51. The highest BCUT2D eigenvalue weighted by Gasteiger charge is 2.22. The summed E-state index contributed by atoms with van der Waals surface area (Å²) in [7, 11) is 0. The van der Waals surface area contributed by atoms with Gasteiger partial charge in [0, 0.05) is 55.3 Å². The summed E-state index contributed by atoms with van der Waals surface area (Å²) in [6, 6.07) is 43.3. The lowest BCUT2D eigenvalue weighted by Gasteiger charge is -2.27. The van der Waals surface area contributed by atoms with Crippen LogP contribution in [-0.2, 0) is 10.8 Å². The third-order valence-electron chi connectivity index (χ3n) is 8.66. The summed E-state index contributed by atoms with van der Waals surface area (Å²) in [6.45, 7) is 13.5. The van der Waals surface area contributed by atoms with Gasteiger partial charge in [0.2, 0.25) is 0 Å². The Hall–Kier alpha value is -5.00. The molecule has 7 rings (SSSR count). The van der Waals surface area contributed by atoms with Crippen molar-refractivity contribution in [3.8, 4) is 0 Å². The lowest BCUT2D eigenvalue weighted by molar-refractivity contribution is 0.589. The lowest BCUT2D eigenvalue weighted by atomic mass is 9.87. The number of rotatable bonds is 6. The molecule has 47 heavy (non-hydrogen) atoms. The molecule has 0 aliphatic carbocycles. The van der Waals surface area contributed by atoms with Crippen LogP contribution >= 0.6 is 11.3 Å². The summed E-state index contributed by atoms with van der Waals surface area (Å²) in [5, 5.41) is 2.45. The highest BCUT2D eigenvalue weighted by Crippen LogP contribution is 2.43. The Morgan fingerprint density at radius 2 is 0.851 bits per heavy atom. The van der Waals surface area contributed by atoms with Crippen molar-refractivity contribution in [2.24, 2.45) is 0 Å². The van der Waals surface area contributed by atoms with Crippen LogP contribution in [0.15, 0.2) is 134 Å². The van der Waals surface area contributed by atoms with E-state index in [1.165, 1.54) is 31.3 Å². The normalized spacial score (nSPS) is 12.0. The maximum absolute atomic E-state index is 4.88. The minimum atomic E-state index is 0.00977. The number of thiophene rings is 1. The summed E-state index contributed by atoms with van der Waals surface area (Å²) in [5.41, 5.74) is 6.82. The zero-order chi connectivity index (χ0) is 32.8. The predicted octanol–water partition coefficient (Wildman–Crippen LogP) is 12.4. The van der Waals surface area contributed by atoms with Crippen LogP contribution in [0.1, 0.15) is 52.7 Å². The van der Waals surface area contributed by atoms with E-state index in [-0.39, 0.29) is 10.8 Å². The number of benzene rings is 4. The number of pyridine rings is 2. The van der Waals surface area contributed by atoms with E-state index >= 15 is 0 Å². The Kier molecular flexibility index (Phi) is 7.81. The molecular weight excluding hydrogens is 593 g/mol. The monoisotopic (exact) mass is 632 g/mol. The van der Waals surface area contributed by atoms with E-state index in [1.807, 2.05) is 23.7 Å². The van der Waals surface area contributed by atoms with Gasteiger partial charge in [-0.2, -0.15) is 0 Å². The Morgan fingerprint density at radius 1 is 0.447 bits per heavy atom. The Bertz CT molecular complexity index is 2020. The van der Waals surface area contributed by atoms with Crippen molar-refractivity contribution >= 4 is 65.9 Å². The van der Waals surface area contributed by atoms with Gasteiger partial charge >= 0.3 is 0 Å². The number of hydrogen-bond donors (Lipinski definition) is 0. The molecule has 0 aliphatic heterocycles. The summed E-state index contributed by atoms with van der Waals surface area (Å²) in [6.07, 6.45) is 3.86. The molecule has 0 unspecified atom stereocenters. The number of para-hydroxylation sites is 2. The molecule has 0 atom stereocenters. The molecular formula is C42H40N4S. The Morgan fingerprint density at radius 3 is 1.23 bits per heavy atom. The molecule has 4 aromatic carbocycles. The zero-order valence-corrected chi connectivity index (χ0v) is 28.7. The topological polar surface area (TPSA) is 32.3 Å². The average molecular weight is 633 g/mol. The van der Waals surface area contributed by atoms with Crippen molar-refractivity contribution in [2.75, 3.05) is 9.80 Å². The van der Waals surface area contributed by atoms with Gasteiger partial charge in [-0.15, -0.1) is 11.3 Å². The van der Waals surface area contributed by atoms with E-state index in [1.54, 1.807) is 0 Å². The van der Waals surface area contributed by atoms with Gasteiger partial charge in [0.15, 0.2) is 0 Å². The van der Waals surface area contributed by atoms with E-state index in [4.69, 9.17) is 9.97 Å². The first-order chi connectivity index (χ1) is 22.6. The van der Waals surface area contributed by atoms with Crippen molar-refractivity contribution in [1.29, 1.82) is 0 Å². The molecule has 0 saturated carbocycles. The van der Waals surface area contributed by atoms with Gasteiger partial charge in [-0.25, -0.2) is 9.97 Å². The van der Waals surface area contributed by atoms with E-state index in [9.17, 15) is 0 Å². The molecule has 0 saturated heterocycles. The number of anilines is 6. The molecule has 0 bridgehead atoms. The van der Waals surface area contributed by atoms with E-state index in [0.29, 0.717) is 0 Å². The number of aromatic nitrogens is 2. The van der Waals surface area contributed by atoms with Crippen molar-refractivity contribution in [1.82, 2.24) is 9.97 Å². The molecule has 0 N–H and O–H groups in total. The summed E-state index contributed by atoms with van der Waals surface area (Å²) >= 11 is 1.83. The molecule has 234 valence electrons. The Balaban J connectivity index is 1.40. The fourth-order valence-electron chi connectivity index (χ4n) is 6.03. The van der Waals surface area contributed by atoms with Gasteiger partial charge < -0.3 is 0 Å². The van der Waals surface area contributed by atoms with E-state index in [0.717, 1.165) is 34.4 Å². The number of hydrogen-bond acceptors (Lipinski definition) is 5. The summed E-state index contributed by atoms with van der Waals surface area (Å²) in [4.78, 5) is 14.3. The first-order valence-electron chi connectivity index (χ1n) is 16.2. The number of fused-ring (bicyclic) bond motifs is 3. The quantitative estimate of drug-likeness (QED) is 0.183. The third-order valence-corrected chi connectivity index (χ3v) is 9.81. The van der Waals surface area contributed by atoms with Gasteiger partial charge in [0.05, 0.1) is 0 Å². The molecule has 0 aliphatic rings. The van der Waals surface area contributed by atoms with Crippen molar-refractivity contribution < 1.29 is 0 Å². The lowest BCUT2D eigenvalue weighted by Crippen LogP contribution is -2.15. The standard InChI is InChI=1S/C42H40N4S/c1-41(2,3)29-21-23-43-39(25-29)45(31-13-9-7-10-14-31)33-17-19-37-35(27-33)36-28-34(18-20-38(36)47-37)46(32-15-11-8-12-16-32)40-26-30(22-24-44-40)42(4,5)6/h7-28H,1-6H3. The number of nitrogens with zero attached hydrogens (tertiary/aromatic N) is 4. The summed E-state index contributed by atoms with van der Waals surface area (Å²) in [5.74, 6) is 1.81. The molecule has 0 radical (unpaired) electrons. The maximum atomic E-state index is 4.88. The van der Waals surface area contributed by atoms with Crippen LogP contribution in [0.2, 0.25) is 0 Å². The molecule has 0 fully saturated rings.